The Morgan fingerprint density at radius 2 is 1.23 bits per heavy atom. The summed E-state index contributed by atoms with van der Waals surface area (Å²) in [5, 5.41) is 9.34. The Bertz CT molecular complexity index is 1250. The highest BCUT2D eigenvalue weighted by molar-refractivity contribution is 14.1. The van der Waals surface area contributed by atoms with Crippen molar-refractivity contribution in [1.82, 2.24) is 15.2 Å². The van der Waals surface area contributed by atoms with Gasteiger partial charge < -0.3 is 0 Å². The first kappa shape index (κ1) is 20.2. The average molecular weight is 536 g/mol. The number of H-pyrrole nitrogens is 1. The first-order chi connectivity index (χ1) is 15.1. The highest BCUT2D eigenvalue weighted by Gasteiger charge is 2.42. The predicted octanol–water partition coefficient (Wildman–Crippen LogP) is 6.91. The fourth-order valence-electron chi connectivity index (χ4n) is 4.52. The zero-order valence-electron chi connectivity index (χ0n) is 16.8. The Morgan fingerprint density at radius 3 is 1.68 bits per heavy atom. The summed E-state index contributed by atoms with van der Waals surface area (Å²) in [4.78, 5) is 4.78. The number of fused-ring (bicyclic) bond motifs is 1. The quantitative estimate of drug-likeness (QED) is 0.154. The van der Waals surface area contributed by atoms with Crippen LogP contribution in [0.5, 0.6) is 0 Å². The minimum atomic E-state index is -0.682. The fourth-order valence-corrected chi connectivity index (χ4v) is 5.64. The second-order valence-corrected chi connectivity index (χ2v) is 8.91. The van der Waals surface area contributed by atoms with E-state index in [1.54, 1.807) is 0 Å². The lowest BCUT2D eigenvalue weighted by Gasteiger charge is -2.37. The van der Waals surface area contributed by atoms with E-state index in [-0.39, 0.29) is 0 Å². The molecule has 5 heteroatoms. The van der Waals surface area contributed by atoms with E-state index < -0.39 is 5.41 Å². The van der Waals surface area contributed by atoms with Crippen LogP contribution in [-0.2, 0) is 5.41 Å². The van der Waals surface area contributed by atoms with Crippen LogP contribution < -0.4 is 0 Å². The van der Waals surface area contributed by atoms with Gasteiger partial charge >= 0.3 is 0 Å². The molecule has 0 saturated heterocycles. The number of aromatic nitrogens is 3. The molecule has 0 aliphatic rings. The molecule has 5 aromatic rings. The molecule has 0 aliphatic carbocycles. The molecule has 0 fully saturated rings. The Kier molecular flexibility index (Phi) is 5.28. The fraction of sp³-hybridized carbons (Fsp3) is 0.0769. The van der Waals surface area contributed by atoms with E-state index in [1.807, 2.05) is 25.1 Å². The molecule has 0 unspecified atom stereocenters. The van der Waals surface area contributed by atoms with E-state index in [0.717, 1.165) is 42.6 Å². The van der Waals surface area contributed by atoms with Crippen LogP contribution in [0.3, 0.4) is 0 Å². The summed E-state index contributed by atoms with van der Waals surface area (Å²) < 4.78 is 0.957. The van der Waals surface area contributed by atoms with Gasteiger partial charge in [0.25, 0.3) is 0 Å². The second kappa shape index (κ2) is 8.09. The number of hydrogen-bond donors (Lipinski definition) is 1. The summed E-state index contributed by atoms with van der Waals surface area (Å²) in [5.41, 5.74) is 5.25. The molecule has 0 amide bonds. The van der Waals surface area contributed by atoms with Crippen LogP contribution in [-0.4, -0.2) is 15.2 Å². The highest BCUT2D eigenvalue weighted by Crippen LogP contribution is 2.49. The van der Waals surface area contributed by atoms with Crippen molar-refractivity contribution in [2.45, 2.75) is 12.3 Å². The van der Waals surface area contributed by atoms with Crippen LogP contribution in [0.4, 0.5) is 0 Å². The number of nitrogens with zero attached hydrogens (tertiary/aromatic N) is 2. The van der Waals surface area contributed by atoms with Gasteiger partial charge in [-0.1, -0.05) is 103 Å². The number of halogens is 2. The molecule has 0 aliphatic heterocycles. The van der Waals surface area contributed by atoms with Crippen LogP contribution >= 0.6 is 34.2 Å². The number of aromatic amines is 1. The molecule has 152 valence electrons. The van der Waals surface area contributed by atoms with Gasteiger partial charge in [0.15, 0.2) is 0 Å². The van der Waals surface area contributed by atoms with Crippen molar-refractivity contribution in [3.8, 4) is 0 Å². The van der Waals surface area contributed by atoms with Gasteiger partial charge in [0.05, 0.1) is 16.5 Å². The molecule has 0 atom stereocenters. The average Bonchev–Trinajstić information content (AvgIpc) is 3.20. The lowest BCUT2D eigenvalue weighted by Crippen LogP contribution is -2.32. The molecule has 5 rings (SSSR count). The maximum Gasteiger partial charge on any atom is 0.136 e. The molecule has 0 spiro atoms. The molecular formula is C26H19ClIN3. The zero-order valence-corrected chi connectivity index (χ0v) is 19.7. The van der Waals surface area contributed by atoms with Gasteiger partial charge in [-0.3, -0.25) is 5.10 Å². The molecule has 0 bridgehead atoms. The molecule has 3 nitrogen and oxygen atoms in total. The molecule has 1 N–H and O–H groups in total. The third-order valence-electron chi connectivity index (χ3n) is 5.79. The normalized spacial score (nSPS) is 11.7. The van der Waals surface area contributed by atoms with Crippen molar-refractivity contribution in [3.63, 3.8) is 0 Å². The summed E-state index contributed by atoms with van der Waals surface area (Å²) in [6.07, 6.45) is 0. The van der Waals surface area contributed by atoms with Crippen molar-refractivity contribution in [2.24, 2.45) is 0 Å². The van der Waals surface area contributed by atoms with E-state index in [9.17, 15) is 0 Å². The lowest BCUT2D eigenvalue weighted by molar-refractivity contribution is 0.745. The number of rotatable bonds is 4. The minimum Gasteiger partial charge on any atom is -0.271 e. The Morgan fingerprint density at radius 1 is 0.774 bits per heavy atom. The van der Waals surface area contributed by atoms with Gasteiger partial charge in [-0.15, -0.1) is 0 Å². The zero-order chi connectivity index (χ0) is 21.4. The maximum atomic E-state index is 6.98. The van der Waals surface area contributed by atoms with Crippen LogP contribution in [0.2, 0.25) is 5.15 Å². The van der Waals surface area contributed by atoms with Crippen LogP contribution in [0.1, 0.15) is 27.9 Å². The number of benzene rings is 3. The Hall–Kier alpha value is -2.70. The number of hydrogen-bond acceptors (Lipinski definition) is 2. The number of pyridine rings is 1. The SMILES string of the molecule is Cc1nc(Cl)c(C(c2ccccc2)(c2ccccc2)c2ccccc2)c2n[nH]c(I)c12. The monoisotopic (exact) mass is 535 g/mol. The summed E-state index contributed by atoms with van der Waals surface area (Å²) in [7, 11) is 0. The van der Waals surface area contributed by atoms with Gasteiger partial charge in [-0.05, 0) is 46.2 Å². The van der Waals surface area contributed by atoms with Gasteiger partial charge in [-0.2, -0.15) is 5.10 Å². The third kappa shape index (κ3) is 3.17. The van der Waals surface area contributed by atoms with Crippen molar-refractivity contribution in [1.29, 1.82) is 0 Å². The van der Waals surface area contributed by atoms with Crippen LogP contribution in [0, 0.1) is 10.6 Å². The predicted molar refractivity (Wildman–Crippen MR) is 135 cm³/mol. The van der Waals surface area contributed by atoms with Crippen molar-refractivity contribution >= 4 is 45.1 Å². The van der Waals surface area contributed by atoms with Crippen molar-refractivity contribution < 1.29 is 0 Å². The van der Waals surface area contributed by atoms with E-state index in [1.165, 1.54) is 0 Å². The first-order valence-corrected chi connectivity index (χ1v) is 11.5. The van der Waals surface area contributed by atoms with Gasteiger partial charge in [-0.25, -0.2) is 4.98 Å². The molecular weight excluding hydrogens is 517 g/mol. The standard InChI is InChI=1S/C26H19ClIN3/c1-17-21-23(30-31-25(21)28)22(24(27)29-17)26(18-11-5-2-6-12-18,19-13-7-3-8-14-19)20-15-9-4-10-16-20/h2-16H,1H3,(H,30,31). The van der Waals surface area contributed by atoms with E-state index in [4.69, 9.17) is 21.7 Å². The molecule has 31 heavy (non-hydrogen) atoms. The van der Waals surface area contributed by atoms with Crippen molar-refractivity contribution in [2.75, 3.05) is 0 Å². The molecule has 0 saturated carbocycles. The van der Waals surface area contributed by atoms with Gasteiger partial charge in [0.1, 0.15) is 14.4 Å². The summed E-state index contributed by atoms with van der Waals surface area (Å²) in [5.74, 6) is 0. The number of nitrogens with one attached hydrogen (secondary N) is 1. The Balaban J connectivity index is 2.04. The molecule has 0 radical (unpaired) electrons. The second-order valence-electron chi connectivity index (χ2n) is 7.47. The maximum absolute atomic E-state index is 6.98. The van der Waals surface area contributed by atoms with E-state index in [2.05, 4.69) is 100 Å². The van der Waals surface area contributed by atoms with Crippen LogP contribution in [0.25, 0.3) is 10.9 Å². The van der Waals surface area contributed by atoms with Crippen LogP contribution in [0.15, 0.2) is 91.0 Å². The largest absolute Gasteiger partial charge is 0.271 e. The molecule has 2 aromatic heterocycles. The lowest BCUT2D eigenvalue weighted by atomic mass is 9.65. The first-order valence-electron chi connectivity index (χ1n) is 10.0. The number of aryl methyl sites for hydroxylation is 1. The smallest absolute Gasteiger partial charge is 0.136 e. The molecule has 2 heterocycles. The topological polar surface area (TPSA) is 41.6 Å². The summed E-state index contributed by atoms with van der Waals surface area (Å²) in [6.45, 7) is 1.98. The van der Waals surface area contributed by atoms with Crippen molar-refractivity contribution in [3.05, 3.63) is 128 Å². The Labute approximate surface area is 199 Å². The molecule has 3 aromatic carbocycles. The van der Waals surface area contributed by atoms with Gasteiger partial charge in [0.2, 0.25) is 0 Å². The minimum absolute atomic E-state index is 0.462. The van der Waals surface area contributed by atoms with E-state index in [0.29, 0.717) is 5.15 Å². The summed E-state index contributed by atoms with van der Waals surface area (Å²) >= 11 is 9.26. The summed E-state index contributed by atoms with van der Waals surface area (Å²) in [6, 6.07) is 31.4. The van der Waals surface area contributed by atoms with Gasteiger partial charge in [0, 0.05) is 5.56 Å². The third-order valence-corrected chi connectivity index (χ3v) is 6.84. The van der Waals surface area contributed by atoms with E-state index >= 15 is 0 Å². The highest BCUT2D eigenvalue weighted by atomic mass is 127.